The molecule has 3 rings (SSSR count). The highest BCUT2D eigenvalue weighted by Crippen LogP contribution is 2.50. The van der Waals surface area contributed by atoms with Crippen molar-refractivity contribution in [2.45, 2.75) is 63.6 Å². The average molecular weight is 331 g/mol. The quantitative estimate of drug-likeness (QED) is 0.846. The van der Waals surface area contributed by atoms with Crippen molar-refractivity contribution in [3.63, 3.8) is 0 Å². The summed E-state index contributed by atoms with van der Waals surface area (Å²) in [6.45, 7) is 5.62. The molecule has 1 saturated carbocycles. The Morgan fingerprint density at radius 1 is 1.29 bits per heavy atom. The Morgan fingerprint density at radius 3 is 2.58 bits per heavy atom. The number of hydrogen-bond acceptors (Lipinski definition) is 4. The van der Waals surface area contributed by atoms with E-state index >= 15 is 0 Å². The minimum Gasteiger partial charge on any atom is -0.460 e. The molecule has 1 spiro atoms. The van der Waals surface area contributed by atoms with Gasteiger partial charge in [-0.3, -0.25) is 14.4 Å². The molecule has 2 fully saturated rings. The van der Waals surface area contributed by atoms with Gasteiger partial charge >= 0.3 is 5.97 Å². The Hall–Kier alpha value is -1.88. The Bertz CT molecular complexity index is 622. The first-order chi connectivity index (χ1) is 11.3. The van der Waals surface area contributed by atoms with Crippen molar-refractivity contribution in [2.24, 2.45) is 5.92 Å². The number of ether oxygens (including phenoxy) is 1. The van der Waals surface area contributed by atoms with E-state index in [2.05, 4.69) is 5.48 Å². The normalized spacial score (nSPS) is 30.2. The van der Waals surface area contributed by atoms with Crippen LogP contribution in [0, 0.1) is 5.92 Å². The predicted molar refractivity (Wildman–Crippen MR) is 88.9 cm³/mol. The van der Waals surface area contributed by atoms with Gasteiger partial charge in [0.15, 0.2) is 0 Å². The molecule has 1 amide bonds. The van der Waals surface area contributed by atoms with E-state index in [1.807, 2.05) is 51.1 Å². The molecule has 24 heavy (non-hydrogen) atoms. The summed E-state index contributed by atoms with van der Waals surface area (Å²) in [5.74, 6) is -0.839. The third kappa shape index (κ3) is 3.31. The Morgan fingerprint density at radius 2 is 2.00 bits per heavy atom. The number of carbonyl (C=O) groups is 2. The lowest BCUT2D eigenvalue weighted by Crippen LogP contribution is -2.47. The van der Waals surface area contributed by atoms with Crippen molar-refractivity contribution in [1.29, 1.82) is 0 Å². The zero-order valence-corrected chi connectivity index (χ0v) is 14.5. The Labute approximate surface area is 142 Å². The van der Waals surface area contributed by atoms with Gasteiger partial charge in [0, 0.05) is 5.92 Å². The first-order valence-electron chi connectivity index (χ1n) is 8.55. The van der Waals surface area contributed by atoms with Crippen LogP contribution < -0.4 is 5.48 Å². The maximum absolute atomic E-state index is 12.8. The number of amides is 1. The van der Waals surface area contributed by atoms with Gasteiger partial charge in [-0.05, 0) is 45.6 Å². The SMILES string of the molecule is CC(C)(C)OC(=O)C1CCC[C@@]2(CC(=O)NO2)[C@@H]1c1ccccc1. The summed E-state index contributed by atoms with van der Waals surface area (Å²) < 4.78 is 5.66. The first-order valence-corrected chi connectivity index (χ1v) is 8.55. The second-order valence-corrected chi connectivity index (χ2v) is 7.79. The summed E-state index contributed by atoms with van der Waals surface area (Å²) >= 11 is 0. The van der Waals surface area contributed by atoms with Crippen LogP contribution in [0.25, 0.3) is 0 Å². The second-order valence-electron chi connectivity index (χ2n) is 7.79. The highest BCUT2D eigenvalue weighted by molar-refractivity contribution is 5.79. The van der Waals surface area contributed by atoms with E-state index < -0.39 is 11.2 Å². The number of benzene rings is 1. The molecule has 0 radical (unpaired) electrons. The van der Waals surface area contributed by atoms with Crippen LogP contribution in [0.4, 0.5) is 0 Å². The van der Waals surface area contributed by atoms with Gasteiger partial charge in [0.25, 0.3) is 0 Å². The second kappa shape index (κ2) is 6.20. The summed E-state index contributed by atoms with van der Waals surface area (Å²) in [4.78, 5) is 30.4. The van der Waals surface area contributed by atoms with Gasteiger partial charge in [0.2, 0.25) is 5.91 Å². The monoisotopic (exact) mass is 331 g/mol. The van der Waals surface area contributed by atoms with E-state index in [1.165, 1.54) is 0 Å². The maximum atomic E-state index is 12.8. The summed E-state index contributed by atoms with van der Waals surface area (Å²) in [7, 11) is 0. The standard InChI is InChI=1S/C19H25NO4/c1-18(2,3)23-17(22)14-10-7-11-19(12-15(21)20-24-19)16(14)13-8-5-4-6-9-13/h4-6,8-9,14,16H,7,10-12H2,1-3H3,(H,20,21)/t14?,16-,19-/m1/s1. The smallest absolute Gasteiger partial charge is 0.310 e. The fourth-order valence-corrected chi connectivity index (χ4v) is 3.95. The molecule has 130 valence electrons. The van der Waals surface area contributed by atoms with Gasteiger partial charge < -0.3 is 4.74 Å². The lowest BCUT2D eigenvalue weighted by atomic mass is 9.65. The van der Waals surface area contributed by atoms with Crippen molar-refractivity contribution in [3.05, 3.63) is 35.9 Å². The molecule has 5 nitrogen and oxygen atoms in total. The molecule has 2 aliphatic rings. The number of hydroxylamine groups is 1. The number of rotatable bonds is 2. The van der Waals surface area contributed by atoms with Crippen molar-refractivity contribution in [3.8, 4) is 0 Å². The molecule has 0 bridgehead atoms. The molecule has 3 atom stereocenters. The minimum absolute atomic E-state index is 0.124. The van der Waals surface area contributed by atoms with Crippen LogP contribution in [0.1, 0.15) is 57.9 Å². The molecule has 1 aromatic carbocycles. The molecule has 1 N–H and O–H groups in total. The van der Waals surface area contributed by atoms with Gasteiger partial charge in [-0.25, -0.2) is 5.48 Å². The summed E-state index contributed by atoms with van der Waals surface area (Å²) in [5, 5.41) is 0. The van der Waals surface area contributed by atoms with Crippen molar-refractivity contribution in [1.82, 2.24) is 5.48 Å². The molecule has 1 aliphatic carbocycles. The van der Waals surface area contributed by atoms with Crippen molar-refractivity contribution < 1.29 is 19.2 Å². The third-order valence-electron chi connectivity index (χ3n) is 4.78. The van der Waals surface area contributed by atoms with Gasteiger partial charge in [0.1, 0.15) is 11.2 Å². The molecule has 5 heteroatoms. The van der Waals surface area contributed by atoms with Crippen LogP contribution >= 0.6 is 0 Å². The lowest BCUT2D eigenvalue weighted by molar-refractivity contribution is -0.170. The maximum Gasteiger partial charge on any atom is 0.310 e. The van der Waals surface area contributed by atoms with E-state index in [4.69, 9.17) is 9.57 Å². The lowest BCUT2D eigenvalue weighted by Gasteiger charge is -2.43. The van der Waals surface area contributed by atoms with E-state index in [0.717, 1.165) is 24.8 Å². The average Bonchev–Trinajstić information content (AvgIpc) is 2.87. The number of nitrogens with one attached hydrogen (secondary N) is 1. The topological polar surface area (TPSA) is 64.6 Å². The van der Waals surface area contributed by atoms with Crippen LogP contribution in [-0.4, -0.2) is 23.1 Å². The Kier molecular flexibility index (Phi) is 4.38. The van der Waals surface area contributed by atoms with E-state index in [0.29, 0.717) is 0 Å². The van der Waals surface area contributed by atoms with Gasteiger partial charge in [-0.2, -0.15) is 0 Å². The molecule has 1 aliphatic heterocycles. The number of esters is 1. The highest BCUT2D eigenvalue weighted by Gasteiger charge is 2.54. The third-order valence-corrected chi connectivity index (χ3v) is 4.78. The predicted octanol–water partition coefficient (Wildman–Crippen LogP) is 3.10. The molecule has 0 aromatic heterocycles. The van der Waals surface area contributed by atoms with Crippen LogP contribution in [0.5, 0.6) is 0 Å². The van der Waals surface area contributed by atoms with Crippen LogP contribution in [0.3, 0.4) is 0 Å². The Balaban J connectivity index is 1.97. The van der Waals surface area contributed by atoms with E-state index in [-0.39, 0.29) is 30.1 Å². The zero-order valence-electron chi connectivity index (χ0n) is 14.5. The van der Waals surface area contributed by atoms with E-state index in [1.54, 1.807) is 0 Å². The fourth-order valence-electron chi connectivity index (χ4n) is 3.95. The highest BCUT2D eigenvalue weighted by atomic mass is 16.7. The van der Waals surface area contributed by atoms with Crippen molar-refractivity contribution in [2.75, 3.05) is 0 Å². The molecule has 1 unspecified atom stereocenters. The minimum atomic E-state index is -0.668. The summed E-state index contributed by atoms with van der Waals surface area (Å²) in [6, 6.07) is 9.85. The number of carbonyl (C=O) groups excluding carboxylic acids is 2. The molecule has 1 heterocycles. The summed E-state index contributed by atoms with van der Waals surface area (Å²) in [5.41, 5.74) is 2.31. The van der Waals surface area contributed by atoms with Gasteiger partial charge in [0.05, 0.1) is 12.3 Å². The van der Waals surface area contributed by atoms with Gasteiger partial charge in [-0.15, -0.1) is 0 Å². The molecular formula is C19H25NO4. The molecular weight excluding hydrogens is 306 g/mol. The number of hydrogen-bond donors (Lipinski definition) is 1. The van der Waals surface area contributed by atoms with Crippen LogP contribution in [-0.2, 0) is 19.2 Å². The van der Waals surface area contributed by atoms with E-state index in [9.17, 15) is 9.59 Å². The van der Waals surface area contributed by atoms with Gasteiger partial charge in [-0.1, -0.05) is 30.3 Å². The summed E-state index contributed by atoms with van der Waals surface area (Å²) in [6.07, 6.45) is 2.62. The molecule has 1 saturated heterocycles. The van der Waals surface area contributed by atoms with Crippen LogP contribution in [0.2, 0.25) is 0 Å². The molecule has 1 aromatic rings. The van der Waals surface area contributed by atoms with Crippen LogP contribution in [0.15, 0.2) is 30.3 Å². The largest absolute Gasteiger partial charge is 0.460 e. The zero-order chi connectivity index (χ0) is 17.4. The fraction of sp³-hybridized carbons (Fsp3) is 0.579. The first kappa shape index (κ1) is 17.0. The van der Waals surface area contributed by atoms with Crippen molar-refractivity contribution >= 4 is 11.9 Å².